The lowest BCUT2D eigenvalue weighted by Crippen LogP contribution is -2.44. The van der Waals surface area contributed by atoms with E-state index in [1.54, 1.807) is 0 Å². The van der Waals surface area contributed by atoms with Gasteiger partial charge in [0.1, 0.15) is 8.07 Å². The van der Waals surface area contributed by atoms with Gasteiger partial charge in [0.2, 0.25) is 11.8 Å². The fourth-order valence-electron chi connectivity index (χ4n) is 6.27. The zero-order chi connectivity index (χ0) is 29.1. The third kappa shape index (κ3) is 6.68. The Morgan fingerprint density at radius 1 is 0.951 bits per heavy atom. The number of piperazine rings is 1. The predicted octanol–water partition coefficient (Wildman–Crippen LogP) is 6.88. The van der Waals surface area contributed by atoms with E-state index in [9.17, 15) is 0 Å². The van der Waals surface area contributed by atoms with Crippen molar-refractivity contribution in [3.8, 4) is 17.3 Å². The Morgan fingerprint density at radius 2 is 1.61 bits per heavy atom. The molecule has 7 nitrogen and oxygen atoms in total. The number of ether oxygens (including phenoxy) is 1. The van der Waals surface area contributed by atoms with Gasteiger partial charge in [0, 0.05) is 55.4 Å². The van der Waals surface area contributed by atoms with Crippen molar-refractivity contribution in [3.63, 3.8) is 0 Å². The van der Waals surface area contributed by atoms with E-state index >= 15 is 0 Å². The molecule has 1 aliphatic heterocycles. The lowest BCUT2D eigenvalue weighted by molar-refractivity contribution is 0.289. The maximum absolute atomic E-state index is 6.13. The Hall–Kier alpha value is -3.15. The number of nitrogens with one attached hydrogen (secondary N) is 1. The summed E-state index contributed by atoms with van der Waals surface area (Å²) in [4.78, 5) is 19.1. The van der Waals surface area contributed by atoms with E-state index in [4.69, 9.17) is 14.7 Å². The molecule has 0 spiro atoms. The monoisotopic (exact) mass is 570 g/mol. The molecule has 1 saturated heterocycles. The summed E-state index contributed by atoms with van der Waals surface area (Å²) in [5, 5.41) is 4.24. The molecule has 0 amide bonds. The average molecular weight is 571 g/mol. The van der Waals surface area contributed by atoms with Crippen LogP contribution >= 0.6 is 0 Å². The molecule has 0 atom stereocenters. The SMILES string of the molecule is CC(C)[Si](C#Cc1cc(OCC2CC2)nc2nc(Nc3ccc(N4CCN(C)CC4)cc3)ncc12)(C(C)C)C(C)C. The van der Waals surface area contributed by atoms with Crippen LogP contribution in [0.5, 0.6) is 5.88 Å². The zero-order valence-corrected chi connectivity index (χ0v) is 26.9. The van der Waals surface area contributed by atoms with Crippen molar-refractivity contribution in [3.05, 3.63) is 42.1 Å². The van der Waals surface area contributed by atoms with E-state index < -0.39 is 8.07 Å². The molecule has 8 heteroatoms. The van der Waals surface area contributed by atoms with Gasteiger partial charge in [0.05, 0.1) is 12.0 Å². The van der Waals surface area contributed by atoms with E-state index in [0.29, 0.717) is 46.6 Å². The first-order valence-electron chi connectivity index (χ1n) is 15.3. The van der Waals surface area contributed by atoms with Crippen LogP contribution in [-0.4, -0.2) is 67.8 Å². The summed E-state index contributed by atoms with van der Waals surface area (Å²) in [6.45, 7) is 19.0. The highest BCUT2D eigenvalue weighted by Crippen LogP contribution is 2.41. The standard InChI is InChI=1S/C33H46N6OSi/c1-23(2)41(24(3)4,25(5)6)19-14-27-20-31(40-22-26-8-9-26)36-32-30(27)21-34-33(37-32)35-28-10-12-29(13-11-28)39-17-15-38(7)16-18-39/h10-13,20-21,23-26H,8-9,15-18,22H2,1-7H3,(H,34,35,36,37). The highest BCUT2D eigenvalue weighted by atomic mass is 28.3. The Morgan fingerprint density at radius 3 is 2.22 bits per heavy atom. The third-order valence-corrected chi connectivity index (χ3v) is 15.3. The number of benzene rings is 1. The minimum absolute atomic E-state index is 0.519. The molecule has 41 heavy (non-hydrogen) atoms. The van der Waals surface area contributed by atoms with Gasteiger partial charge in [-0.1, -0.05) is 47.5 Å². The molecule has 1 aromatic carbocycles. The molecule has 1 aliphatic carbocycles. The van der Waals surface area contributed by atoms with Crippen LogP contribution in [0.2, 0.25) is 16.6 Å². The number of fused-ring (bicyclic) bond motifs is 1. The molecule has 5 rings (SSSR count). The van der Waals surface area contributed by atoms with E-state index in [1.807, 2.05) is 12.3 Å². The molecule has 0 unspecified atom stereocenters. The van der Waals surface area contributed by atoms with Gasteiger partial charge >= 0.3 is 0 Å². The average Bonchev–Trinajstić information content (AvgIpc) is 3.77. The topological polar surface area (TPSA) is 66.4 Å². The zero-order valence-electron chi connectivity index (χ0n) is 25.9. The van der Waals surface area contributed by atoms with Gasteiger partial charge in [-0.25, -0.2) is 4.98 Å². The number of nitrogens with zero attached hydrogens (tertiary/aromatic N) is 5. The van der Waals surface area contributed by atoms with Crippen LogP contribution in [0.1, 0.15) is 59.9 Å². The first-order valence-corrected chi connectivity index (χ1v) is 17.5. The van der Waals surface area contributed by atoms with E-state index in [1.165, 1.54) is 18.5 Å². The summed E-state index contributed by atoms with van der Waals surface area (Å²) in [5.74, 6) is 5.37. The first-order chi connectivity index (χ1) is 19.7. The maximum Gasteiger partial charge on any atom is 0.229 e. The Labute approximate surface area is 247 Å². The molecule has 1 N–H and O–H groups in total. The summed E-state index contributed by atoms with van der Waals surface area (Å²) in [5.41, 5.74) is 9.25. The number of pyridine rings is 1. The fourth-order valence-corrected chi connectivity index (χ4v) is 11.5. The summed E-state index contributed by atoms with van der Waals surface area (Å²) in [6.07, 6.45) is 4.32. The van der Waals surface area contributed by atoms with Crippen molar-refractivity contribution >= 4 is 36.4 Å². The smallest absolute Gasteiger partial charge is 0.229 e. The molecule has 1 saturated carbocycles. The maximum atomic E-state index is 6.13. The Bertz CT molecular complexity index is 1380. The van der Waals surface area contributed by atoms with Gasteiger partial charge in [-0.15, -0.1) is 5.54 Å². The van der Waals surface area contributed by atoms with E-state index in [0.717, 1.165) is 42.8 Å². The molecule has 0 radical (unpaired) electrons. The second kappa shape index (κ2) is 12.4. The minimum atomic E-state index is -1.91. The Balaban J connectivity index is 1.44. The van der Waals surface area contributed by atoms with Crippen LogP contribution in [0.3, 0.4) is 0 Å². The molecule has 3 aromatic rings. The van der Waals surface area contributed by atoms with Gasteiger partial charge in [-0.05, 0) is 66.7 Å². The number of likely N-dealkylation sites (N-methyl/N-ethyl adjacent to an activating group) is 1. The number of rotatable bonds is 9. The molecular weight excluding hydrogens is 524 g/mol. The third-order valence-electron chi connectivity index (χ3n) is 8.98. The van der Waals surface area contributed by atoms with E-state index in [2.05, 4.69) is 104 Å². The van der Waals surface area contributed by atoms with E-state index in [-0.39, 0.29) is 0 Å². The summed E-state index contributed by atoms with van der Waals surface area (Å²) in [6, 6.07) is 10.5. The quantitative estimate of drug-likeness (QED) is 0.222. The molecule has 218 valence electrons. The second-order valence-corrected chi connectivity index (χ2v) is 18.4. The minimum Gasteiger partial charge on any atom is -0.477 e. The molecule has 2 aromatic heterocycles. The highest BCUT2D eigenvalue weighted by molar-refractivity contribution is 6.90. The summed E-state index contributed by atoms with van der Waals surface area (Å²) < 4.78 is 6.13. The van der Waals surface area contributed by atoms with Gasteiger partial charge < -0.3 is 19.9 Å². The van der Waals surface area contributed by atoms with Crippen molar-refractivity contribution in [2.75, 3.05) is 50.1 Å². The molecule has 2 aliphatic rings. The number of anilines is 3. The van der Waals surface area contributed by atoms with Gasteiger partial charge in [-0.3, -0.25) is 0 Å². The van der Waals surface area contributed by atoms with Gasteiger partial charge in [-0.2, -0.15) is 9.97 Å². The summed E-state index contributed by atoms with van der Waals surface area (Å²) in [7, 11) is 0.273. The largest absolute Gasteiger partial charge is 0.477 e. The van der Waals surface area contributed by atoms with Crippen LogP contribution in [-0.2, 0) is 0 Å². The van der Waals surface area contributed by atoms with Crippen LogP contribution in [0, 0.1) is 17.4 Å². The lowest BCUT2D eigenvalue weighted by atomic mass is 10.2. The van der Waals surface area contributed by atoms with Gasteiger partial charge in [0.25, 0.3) is 0 Å². The fraction of sp³-hybridized carbons (Fsp3) is 0.545. The molecule has 2 fully saturated rings. The molecular formula is C33H46N6OSi. The number of hydrogen-bond donors (Lipinski definition) is 1. The van der Waals surface area contributed by atoms with Crippen molar-refractivity contribution in [1.29, 1.82) is 0 Å². The Kier molecular flexibility index (Phi) is 8.86. The normalized spacial score (nSPS) is 16.4. The second-order valence-electron chi connectivity index (χ2n) is 12.8. The number of hydrogen-bond acceptors (Lipinski definition) is 7. The summed E-state index contributed by atoms with van der Waals surface area (Å²) >= 11 is 0. The molecule has 3 heterocycles. The lowest BCUT2D eigenvalue weighted by Gasteiger charge is -2.38. The van der Waals surface area contributed by atoms with Crippen molar-refractivity contribution < 1.29 is 4.74 Å². The van der Waals surface area contributed by atoms with Crippen LogP contribution < -0.4 is 15.0 Å². The highest BCUT2D eigenvalue weighted by Gasteiger charge is 2.41. The van der Waals surface area contributed by atoms with Crippen molar-refractivity contribution in [2.24, 2.45) is 5.92 Å². The predicted molar refractivity (Wildman–Crippen MR) is 173 cm³/mol. The van der Waals surface area contributed by atoms with Crippen molar-refractivity contribution in [1.82, 2.24) is 19.9 Å². The first kappa shape index (κ1) is 29.3. The van der Waals surface area contributed by atoms with Crippen LogP contribution in [0.15, 0.2) is 36.5 Å². The van der Waals surface area contributed by atoms with Gasteiger partial charge in [0.15, 0.2) is 5.65 Å². The van der Waals surface area contributed by atoms with Crippen LogP contribution in [0.25, 0.3) is 11.0 Å². The van der Waals surface area contributed by atoms with Crippen molar-refractivity contribution in [2.45, 2.75) is 71.0 Å². The number of aromatic nitrogens is 3. The molecule has 0 bridgehead atoms. The van der Waals surface area contributed by atoms with Crippen LogP contribution in [0.4, 0.5) is 17.3 Å².